The Balaban J connectivity index is 1.70. The molecule has 2 bridgehead atoms. The van der Waals surface area contributed by atoms with Crippen LogP contribution in [0.15, 0.2) is 18.2 Å². The molecule has 1 aromatic carbocycles. The van der Waals surface area contributed by atoms with Crippen molar-refractivity contribution >= 4 is 28.3 Å². The third kappa shape index (κ3) is 2.39. The quantitative estimate of drug-likeness (QED) is 0.814. The van der Waals surface area contributed by atoms with Crippen LogP contribution in [-0.2, 0) is 0 Å². The molecule has 18 heavy (non-hydrogen) atoms. The molecule has 98 valence electrons. The molecule has 3 rings (SSSR count). The molecule has 2 aliphatic heterocycles. The highest BCUT2D eigenvalue weighted by molar-refractivity contribution is 14.1. The van der Waals surface area contributed by atoms with Crippen molar-refractivity contribution in [3.63, 3.8) is 0 Å². The van der Waals surface area contributed by atoms with Crippen LogP contribution < -0.4 is 5.32 Å². The molecule has 0 saturated carbocycles. The number of halogens is 1. The average molecular weight is 356 g/mol. The molecule has 3 heteroatoms. The van der Waals surface area contributed by atoms with Crippen LogP contribution in [0.5, 0.6) is 0 Å². The number of rotatable bonds is 2. The molecule has 0 spiro atoms. The fourth-order valence-corrected chi connectivity index (χ4v) is 4.19. The third-order valence-corrected chi connectivity index (χ3v) is 5.32. The normalized spacial score (nSPS) is 31.6. The minimum Gasteiger partial charge on any atom is -0.382 e. The fourth-order valence-electron chi connectivity index (χ4n) is 3.54. The molecule has 2 unspecified atom stereocenters. The van der Waals surface area contributed by atoms with E-state index in [1.54, 1.807) is 0 Å². The highest BCUT2D eigenvalue weighted by atomic mass is 127. The van der Waals surface area contributed by atoms with Crippen molar-refractivity contribution in [2.24, 2.45) is 0 Å². The number of benzene rings is 1. The van der Waals surface area contributed by atoms with Crippen molar-refractivity contribution in [2.75, 3.05) is 12.4 Å². The summed E-state index contributed by atoms with van der Waals surface area (Å²) in [5.41, 5.74) is 2.69. The summed E-state index contributed by atoms with van der Waals surface area (Å²) in [6.45, 7) is 2.20. The van der Waals surface area contributed by atoms with Gasteiger partial charge in [-0.25, -0.2) is 0 Å². The summed E-state index contributed by atoms with van der Waals surface area (Å²) in [5, 5.41) is 3.77. The Morgan fingerprint density at radius 2 is 1.89 bits per heavy atom. The number of hydrogen-bond donors (Lipinski definition) is 1. The van der Waals surface area contributed by atoms with Crippen LogP contribution in [0.3, 0.4) is 0 Å². The van der Waals surface area contributed by atoms with Crippen molar-refractivity contribution in [1.82, 2.24) is 4.90 Å². The largest absolute Gasteiger partial charge is 0.382 e. The van der Waals surface area contributed by atoms with E-state index in [1.807, 2.05) is 0 Å². The SMILES string of the molecule is Cc1cc(I)ccc1NC1CC2CCC(C1)N2C. The predicted octanol–water partition coefficient (Wildman–Crippen LogP) is 3.64. The van der Waals surface area contributed by atoms with Gasteiger partial charge in [0.05, 0.1) is 0 Å². The molecular formula is C15H21IN2. The number of piperidine rings is 1. The highest BCUT2D eigenvalue weighted by Gasteiger charge is 2.38. The summed E-state index contributed by atoms with van der Waals surface area (Å²) in [4.78, 5) is 2.60. The van der Waals surface area contributed by atoms with Gasteiger partial charge >= 0.3 is 0 Å². The van der Waals surface area contributed by atoms with E-state index in [0.29, 0.717) is 6.04 Å². The molecule has 2 aliphatic rings. The van der Waals surface area contributed by atoms with E-state index in [1.165, 1.54) is 40.5 Å². The van der Waals surface area contributed by atoms with Crippen LogP contribution in [0, 0.1) is 10.5 Å². The first-order valence-electron chi connectivity index (χ1n) is 6.88. The second kappa shape index (κ2) is 5.00. The molecule has 2 saturated heterocycles. The molecule has 0 radical (unpaired) electrons. The molecule has 1 N–H and O–H groups in total. The van der Waals surface area contributed by atoms with Gasteiger partial charge in [-0.1, -0.05) is 0 Å². The Labute approximate surface area is 123 Å². The van der Waals surface area contributed by atoms with Crippen molar-refractivity contribution < 1.29 is 0 Å². The van der Waals surface area contributed by atoms with Crippen LogP contribution in [0.25, 0.3) is 0 Å². The van der Waals surface area contributed by atoms with Crippen molar-refractivity contribution in [1.29, 1.82) is 0 Å². The molecule has 0 aromatic heterocycles. The van der Waals surface area contributed by atoms with Crippen LogP contribution >= 0.6 is 22.6 Å². The van der Waals surface area contributed by atoms with Gasteiger partial charge in [0.25, 0.3) is 0 Å². The van der Waals surface area contributed by atoms with E-state index in [2.05, 4.69) is 65.0 Å². The monoisotopic (exact) mass is 356 g/mol. The summed E-state index contributed by atoms with van der Waals surface area (Å²) >= 11 is 2.38. The fraction of sp³-hybridized carbons (Fsp3) is 0.600. The van der Waals surface area contributed by atoms with Gasteiger partial charge in [-0.3, -0.25) is 0 Å². The first kappa shape index (κ1) is 12.7. The summed E-state index contributed by atoms with van der Waals surface area (Å²) in [6, 6.07) is 8.97. The van der Waals surface area contributed by atoms with Crippen molar-refractivity contribution in [3.05, 3.63) is 27.3 Å². The van der Waals surface area contributed by atoms with Crippen LogP contribution in [-0.4, -0.2) is 30.1 Å². The molecule has 2 fully saturated rings. The van der Waals surface area contributed by atoms with Crippen molar-refractivity contribution in [2.45, 2.75) is 50.7 Å². The van der Waals surface area contributed by atoms with Crippen LogP contribution in [0.2, 0.25) is 0 Å². The number of fused-ring (bicyclic) bond motifs is 2. The second-order valence-corrected chi connectivity index (χ2v) is 7.07. The summed E-state index contributed by atoms with van der Waals surface area (Å²) in [7, 11) is 2.30. The van der Waals surface area contributed by atoms with Gasteiger partial charge in [-0.05, 0) is 86.0 Å². The Bertz CT molecular complexity index is 432. The number of aryl methyl sites for hydroxylation is 1. The maximum absolute atomic E-state index is 3.77. The number of hydrogen-bond acceptors (Lipinski definition) is 2. The zero-order valence-electron chi connectivity index (χ0n) is 11.1. The number of nitrogens with one attached hydrogen (secondary N) is 1. The van der Waals surface area contributed by atoms with E-state index < -0.39 is 0 Å². The molecule has 1 aromatic rings. The van der Waals surface area contributed by atoms with E-state index in [9.17, 15) is 0 Å². The minimum atomic E-state index is 0.664. The summed E-state index contributed by atoms with van der Waals surface area (Å²) in [6.07, 6.45) is 5.40. The lowest BCUT2D eigenvalue weighted by Crippen LogP contribution is -2.44. The molecule has 2 nitrogen and oxygen atoms in total. The van der Waals surface area contributed by atoms with Gasteiger partial charge < -0.3 is 10.2 Å². The van der Waals surface area contributed by atoms with Gasteiger partial charge in [-0.2, -0.15) is 0 Å². The van der Waals surface area contributed by atoms with Crippen molar-refractivity contribution in [3.8, 4) is 0 Å². The number of anilines is 1. The van der Waals surface area contributed by atoms with E-state index in [0.717, 1.165) is 12.1 Å². The van der Waals surface area contributed by atoms with Gasteiger partial charge in [0.2, 0.25) is 0 Å². The lowest BCUT2D eigenvalue weighted by Gasteiger charge is -2.37. The minimum absolute atomic E-state index is 0.664. The van der Waals surface area contributed by atoms with Crippen LogP contribution in [0.1, 0.15) is 31.2 Å². The zero-order valence-corrected chi connectivity index (χ0v) is 13.3. The first-order valence-corrected chi connectivity index (χ1v) is 7.96. The van der Waals surface area contributed by atoms with E-state index >= 15 is 0 Å². The molecule has 2 heterocycles. The van der Waals surface area contributed by atoms with Gasteiger partial charge in [0.15, 0.2) is 0 Å². The predicted molar refractivity (Wildman–Crippen MR) is 85.1 cm³/mol. The highest BCUT2D eigenvalue weighted by Crippen LogP contribution is 2.35. The second-order valence-electron chi connectivity index (χ2n) is 5.82. The van der Waals surface area contributed by atoms with E-state index in [4.69, 9.17) is 0 Å². The summed E-state index contributed by atoms with van der Waals surface area (Å²) in [5.74, 6) is 0. The standard InChI is InChI=1S/C15H21IN2/c1-10-7-11(16)3-6-15(10)17-12-8-13-4-5-14(9-12)18(13)2/h3,6-7,12-14,17H,4-5,8-9H2,1-2H3. The molecule has 0 amide bonds. The van der Waals surface area contributed by atoms with Gasteiger partial charge in [-0.15, -0.1) is 0 Å². The maximum Gasteiger partial charge on any atom is 0.0372 e. The van der Waals surface area contributed by atoms with Gasteiger partial charge in [0, 0.05) is 27.4 Å². The Kier molecular flexibility index (Phi) is 3.54. The first-order chi connectivity index (χ1) is 8.63. The lowest BCUT2D eigenvalue weighted by molar-refractivity contribution is 0.169. The van der Waals surface area contributed by atoms with E-state index in [-0.39, 0.29) is 0 Å². The average Bonchev–Trinajstić information content (AvgIpc) is 2.57. The Hall–Kier alpha value is -0.290. The summed E-state index contributed by atoms with van der Waals surface area (Å²) < 4.78 is 1.32. The topological polar surface area (TPSA) is 15.3 Å². The Morgan fingerprint density at radius 1 is 1.22 bits per heavy atom. The smallest absolute Gasteiger partial charge is 0.0372 e. The van der Waals surface area contributed by atoms with Gasteiger partial charge in [0.1, 0.15) is 0 Å². The third-order valence-electron chi connectivity index (χ3n) is 4.65. The number of nitrogens with zero attached hydrogens (tertiary/aromatic N) is 1. The Morgan fingerprint density at radius 3 is 2.50 bits per heavy atom. The molecular weight excluding hydrogens is 335 g/mol. The molecule has 0 aliphatic carbocycles. The zero-order chi connectivity index (χ0) is 12.7. The molecule has 2 atom stereocenters. The van der Waals surface area contributed by atoms with Crippen LogP contribution in [0.4, 0.5) is 5.69 Å². The lowest BCUT2D eigenvalue weighted by atomic mass is 9.97. The maximum atomic E-state index is 3.77.